The Morgan fingerprint density at radius 2 is 1.00 bits per heavy atom. The maximum atomic E-state index is 5.49. The monoisotopic (exact) mass is 659 g/mol. The lowest BCUT2D eigenvalue weighted by Crippen LogP contribution is -1.99. The Morgan fingerprint density at radius 1 is 0.365 bits per heavy atom. The summed E-state index contributed by atoms with van der Waals surface area (Å²) in [5, 5.41) is 9.85. The van der Waals surface area contributed by atoms with Crippen LogP contribution in [0.25, 0.3) is 110 Å². The first-order chi connectivity index (χ1) is 25.8. The van der Waals surface area contributed by atoms with Crippen LogP contribution in [0.1, 0.15) is 0 Å². The summed E-state index contributed by atoms with van der Waals surface area (Å²) < 4.78 is 4.77. The third-order valence-corrected chi connectivity index (χ3v) is 11.2. The van der Waals surface area contributed by atoms with E-state index in [0.29, 0.717) is 0 Å². The maximum absolute atomic E-state index is 5.49. The Bertz CT molecular complexity index is 3290. The minimum atomic E-state index is 0.940. The van der Waals surface area contributed by atoms with Gasteiger partial charge in [0.25, 0.3) is 0 Å². The zero-order chi connectivity index (χ0) is 33.9. The Hall–Kier alpha value is -6.97. The average Bonchev–Trinajstić information content (AvgIpc) is 3.84. The van der Waals surface area contributed by atoms with Crippen molar-refractivity contribution in [3.05, 3.63) is 176 Å². The summed E-state index contributed by atoms with van der Waals surface area (Å²) in [7, 11) is 0. The molecule has 0 radical (unpaired) electrons. The van der Waals surface area contributed by atoms with E-state index < -0.39 is 0 Å². The number of hydrogen-bond acceptors (Lipinski definition) is 1. The smallest absolute Gasteiger partial charge is 0.138 e. The Kier molecular flexibility index (Phi) is 5.50. The van der Waals surface area contributed by atoms with Crippen molar-refractivity contribution in [2.45, 2.75) is 0 Å². The van der Waals surface area contributed by atoms with Gasteiger partial charge in [-0.3, -0.25) is 4.57 Å². The van der Waals surface area contributed by atoms with E-state index in [9.17, 15) is 0 Å². The highest BCUT2D eigenvalue weighted by Gasteiger charge is 2.25. The first kappa shape index (κ1) is 27.8. The molecule has 0 saturated carbocycles. The third kappa shape index (κ3) is 3.72. The van der Waals surface area contributed by atoms with Crippen molar-refractivity contribution in [3.63, 3.8) is 0 Å². The molecule has 1 aliphatic rings. The molecule has 3 heterocycles. The van der Waals surface area contributed by atoms with Crippen LogP contribution in [0.3, 0.4) is 0 Å². The molecule has 240 valence electrons. The van der Waals surface area contributed by atoms with Gasteiger partial charge in [-0.1, -0.05) is 127 Å². The number of nitrogens with zero attached hydrogens (tertiary/aromatic N) is 3. The van der Waals surface area contributed by atoms with E-state index in [-0.39, 0.29) is 0 Å². The van der Waals surface area contributed by atoms with E-state index in [2.05, 4.69) is 185 Å². The predicted molar refractivity (Wildman–Crippen MR) is 218 cm³/mol. The van der Waals surface area contributed by atoms with Crippen LogP contribution in [0.15, 0.2) is 176 Å². The van der Waals surface area contributed by atoms with Crippen molar-refractivity contribution < 1.29 is 0 Å². The molecule has 0 amide bonds. The minimum Gasteiger partial charge on any atom is -0.309 e. The van der Waals surface area contributed by atoms with E-state index >= 15 is 0 Å². The van der Waals surface area contributed by atoms with Crippen molar-refractivity contribution >= 4 is 65.2 Å². The molecule has 11 aromatic rings. The second kappa shape index (κ2) is 10.3. The van der Waals surface area contributed by atoms with Gasteiger partial charge >= 0.3 is 0 Å². The number of rotatable bonds is 3. The maximum Gasteiger partial charge on any atom is 0.138 e. The van der Waals surface area contributed by atoms with E-state index in [1.54, 1.807) is 0 Å². The van der Waals surface area contributed by atoms with Gasteiger partial charge in [0.15, 0.2) is 0 Å². The summed E-state index contributed by atoms with van der Waals surface area (Å²) >= 11 is 0. The molecule has 0 spiro atoms. The van der Waals surface area contributed by atoms with Crippen molar-refractivity contribution in [2.75, 3.05) is 0 Å². The van der Waals surface area contributed by atoms with Gasteiger partial charge in [0.2, 0.25) is 0 Å². The lowest BCUT2D eigenvalue weighted by Gasteiger charge is -2.12. The van der Waals surface area contributed by atoms with Crippen LogP contribution in [0.4, 0.5) is 0 Å². The molecule has 3 aromatic heterocycles. The number of pyridine rings is 1. The van der Waals surface area contributed by atoms with Gasteiger partial charge in [0, 0.05) is 43.6 Å². The first-order valence-corrected chi connectivity index (χ1v) is 17.9. The Balaban J connectivity index is 1.12. The van der Waals surface area contributed by atoms with Crippen LogP contribution in [0.2, 0.25) is 0 Å². The molecular weight excluding hydrogens is 631 g/mol. The van der Waals surface area contributed by atoms with Crippen LogP contribution in [-0.4, -0.2) is 14.1 Å². The molecule has 0 unspecified atom stereocenters. The second-order valence-corrected chi connectivity index (χ2v) is 13.9. The summed E-state index contributed by atoms with van der Waals surface area (Å²) in [6.45, 7) is 0. The fourth-order valence-corrected chi connectivity index (χ4v) is 8.96. The first-order valence-electron chi connectivity index (χ1n) is 17.9. The highest BCUT2D eigenvalue weighted by atomic mass is 15.1. The summed E-state index contributed by atoms with van der Waals surface area (Å²) in [6.07, 6.45) is 0. The summed E-state index contributed by atoms with van der Waals surface area (Å²) in [5.74, 6) is 0.940. The molecule has 52 heavy (non-hydrogen) atoms. The molecule has 3 nitrogen and oxygen atoms in total. The quantitative estimate of drug-likeness (QED) is 0.185. The lowest BCUT2D eigenvalue weighted by atomic mass is 10.00. The molecule has 0 N–H and O–H groups in total. The predicted octanol–water partition coefficient (Wildman–Crippen LogP) is 12.9. The molecule has 0 fully saturated rings. The standard InChI is InChI=1S/C49H29N3/c1-2-13-34(14-3-1)51-43-20-9-8-17-37(43)41-27-31(22-25-44(41)51)32-23-26-45-42(28-32)40-24-21-30-11-4-5-15-35(30)49(40)52(45)46-29-33-12-10-19-38-36-16-6-7-18-39(36)48(50-46)47(33)38/h1-29H. The van der Waals surface area contributed by atoms with Gasteiger partial charge in [-0.2, -0.15) is 0 Å². The Morgan fingerprint density at radius 3 is 1.85 bits per heavy atom. The normalized spacial score (nSPS) is 12.2. The molecule has 0 bridgehead atoms. The minimum absolute atomic E-state index is 0.940. The van der Waals surface area contributed by atoms with E-state index in [1.807, 2.05) is 0 Å². The zero-order valence-electron chi connectivity index (χ0n) is 28.1. The van der Waals surface area contributed by atoms with Crippen LogP contribution >= 0.6 is 0 Å². The molecule has 0 atom stereocenters. The van der Waals surface area contributed by atoms with Gasteiger partial charge in [-0.15, -0.1) is 0 Å². The van der Waals surface area contributed by atoms with Crippen LogP contribution in [0, 0.1) is 0 Å². The average molecular weight is 660 g/mol. The molecule has 1 aliphatic carbocycles. The Labute approximate surface area is 299 Å². The fraction of sp³-hybridized carbons (Fsp3) is 0. The highest BCUT2D eigenvalue weighted by Crippen LogP contribution is 2.47. The number of hydrogen-bond donors (Lipinski definition) is 0. The molecule has 8 aromatic carbocycles. The van der Waals surface area contributed by atoms with Gasteiger partial charge in [-0.05, 0) is 81.6 Å². The van der Waals surface area contributed by atoms with Crippen molar-refractivity contribution in [1.29, 1.82) is 0 Å². The number of aromatic nitrogens is 3. The molecule has 0 saturated heterocycles. The number of fused-ring (bicyclic) bond motifs is 11. The number of para-hydroxylation sites is 2. The van der Waals surface area contributed by atoms with Gasteiger partial charge in [0.05, 0.1) is 27.8 Å². The van der Waals surface area contributed by atoms with Crippen LogP contribution < -0.4 is 0 Å². The van der Waals surface area contributed by atoms with Crippen molar-refractivity contribution in [1.82, 2.24) is 14.1 Å². The summed E-state index contributed by atoms with van der Waals surface area (Å²) in [5.41, 5.74) is 13.1. The zero-order valence-corrected chi connectivity index (χ0v) is 28.1. The third-order valence-electron chi connectivity index (χ3n) is 11.2. The van der Waals surface area contributed by atoms with E-state index in [4.69, 9.17) is 4.98 Å². The lowest BCUT2D eigenvalue weighted by molar-refractivity contribution is 1.10. The fourth-order valence-electron chi connectivity index (χ4n) is 8.96. The number of benzene rings is 8. The molecule has 12 rings (SSSR count). The van der Waals surface area contributed by atoms with Gasteiger partial charge in [-0.25, -0.2) is 4.98 Å². The van der Waals surface area contributed by atoms with Crippen molar-refractivity contribution in [3.8, 4) is 45.0 Å². The molecule has 3 heteroatoms. The molecule has 0 aliphatic heterocycles. The highest BCUT2D eigenvalue weighted by molar-refractivity contribution is 6.20. The van der Waals surface area contributed by atoms with Crippen LogP contribution in [-0.2, 0) is 0 Å². The summed E-state index contributed by atoms with van der Waals surface area (Å²) in [6, 6.07) is 64.2. The van der Waals surface area contributed by atoms with E-state index in [1.165, 1.54) is 93.1 Å². The largest absolute Gasteiger partial charge is 0.309 e. The SMILES string of the molecule is c1ccc(-n2c3ccccc3c3cc(-c4ccc5c(c4)c4ccc6ccccc6c4n5-c4cc5cccc6c5c(n4)-c4ccccc4-6)ccc32)cc1. The van der Waals surface area contributed by atoms with E-state index in [0.717, 1.165) is 17.0 Å². The second-order valence-electron chi connectivity index (χ2n) is 13.9. The van der Waals surface area contributed by atoms with Gasteiger partial charge in [0.1, 0.15) is 5.82 Å². The topological polar surface area (TPSA) is 22.8 Å². The van der Waals surface area contributed by atoms with Gasteiger partial charge < -0.3 is 4.57 Å². The molecular formula is C49H29N3. The summed E-state index contributed by atoms with van der Waals surface area (Å²) in [4.78, 5) is 5.49. The van der Waals surface area contributed by atoms with Crippen molar-refractivity contribution in [2.24, 2.45) is 0 Å². The van der Waals surface area contributed by atoms with Crippen LogP contribution in [0.5, 0.6) is 0 Å².